The molecule has 0 aromatic heterocycles. The van der Waals surface area contributed by atoms with Gasteiger partial charge in [-0.3, -0.25) is 14.4 Å². The Balaban J connectivity index is 4.14. The van der Waals surface area contributed by atoms with E-state index in [-0.39, 0.29) is 37.5 Å². The molecular weight excluding hydrogens is 829 g/mol. The number of rotatable bonds is 49. The quantitative estimate of drug-likeness (QED) is 0.0262. The van der Waals surface area contributed by atoms with Gasteiger partial charge in [-0.15, -0.1) is 0 Å². The second kappa shape index (κ2) is 54.9. The molecule has 0 aromatic rings. The molecule has 0 amide bonds. The molecule has 0 saturated carbocycles. The van der Waals surface area contributed by atoms with Crippen molar-refractivity contribution in [3.05, 3.63) is 97.2 Å². The number of hydrogen-bond acceptors (Lipinski definition) is 6. The molecule has 0 aliphatic heterocycles. The number of allylic oxidation sites excluding steroid dienone is 16. The summed E-state index contributed by atoms with van der Waals surface area (Å²) in [7, 11) is 0. The maximum Gasteiger partial charge on any atom is 0.306 e. The molecular formula is C61H102O6. The van der Waals surface area contributed by atoms with Gasteiger partial charge in [0.25, 0.3) is 0 Å². The number of carbonyl (C=O) groups excluding carboxylic acids is 3. The van der Waals surface area contributed by atoms with E-state index in [1.807, 2.05) is 0 Å². The summed E-state index contributed by atoms with van der Waals surface area (Å²) in [6.45, 7) is 6.38. The van der Waals surface area contributed by atoms with E-state index in [0.717, 1.165) is 103 Å². The van der Waals surface area contributed by atoms with E-state index >= 15 is 0 Å². The largest absolute Gasteiger partial charge is 0.462 e. The lowest BCUT2D eigenvalue weighted by Gasteiger charge is -2.18. The van der Waals surface area contributed by atoms with Crippen molar-refractivity contribution in [1.82, 2.24) is 0 Å². The number of ether oxygens (including phenoxy) is 3. The van der Waals surface area contributed by atoms with Crippen LogP contribution < -0.4 is 0 Å². The first kappa shape index (κ1) is 63.3. The summed E-state index contributed by atoms with van der Waals surface area (Å²) in [5.41, 5.74) is 0. The monoisotopic (exact) mass is 931 g/mol. The van der Waals surface area contributed by atoms with Gasteiger partial charge in [-0.1, -0.05) is 234 Å². The molecule has 0 radical (unpaired) electrons. The third kappa shape index (κ3) is 53.2. The predicted molar refractivity (Wildman–Crippen MR) is 288 cm³/mol. The minimum absolute atomic E-state index is 0.101. The lowest BCUT2D eigenvalue weighted by molar-refractivity contribution is -0.167. The predicted octanol–water partition coefficient (Wildman–Crippen LogP) is 18.5. The zero-order valence-corrected chi connectivity index (χ0v) is 43.6. The fraction of sp³-hybridized carbons (Fsp3) is 0.689. The molecule has 1 atom stereocenters. The Kier molecular flexibility index (Phi) is 51.9. The van der Waals surface area contributed by atoms with Crippen LogP contribution >= 0.6 is 0 Å². The lowest BCUT2D eigenvalue weighted by Crippen LogP contribution is -2.30. The van der Waals surface area contributed by atoms with E-state index in [4.69, 9.17) is 14.2 Å². The molecule has 0 heterocycles. The molecule has 382 valence electrons. The second-order valence-electron chi connectivity index (χ2n) is 18.1. The van der Waals surface area contributed by atoms with Gasteiger partial charge in [-0.05, 0) is 96.3 Å². The summed E-state index contributed by atoms with van der Waals surface area (Å²) in [5, 5.41) is 0. The third-order valence-corrected chi connectivity index (χ3v) is 11.6. The molecule has 0 saturated heterocycles. The van der Waals surface area contributed by atoms with Gasteiger partial charge in [-0.25, -0.2) is 0 Å². The van der Waals surface area contributed by atoms with E-state index in [9.17, 15) is 14.4 Å². The smallest absolute Gasteiger partial charge is 0.306 e. The summed E-state index contributed by atoms with van der Waals surface area (Å²) in [4.78, 5) is 37.7. The molecule has 0 aliphatic carbocycles. The highest BCUT2D eigenvalue weighted by molar-refractivity contribution is 5.71. The average Bonchev–Trinajstić information content (AvgIpc) is 3.33. The molecule has 6 nitrogen and oxygen atoms in total. The molecule has 0 rings (SSSR count). The van der Waals surface area contributed by atoms with Crippen molar-refractivity contribution in [2.75, 3.05) is 13.2 Å². The zero-order valence-electron chi connectivity index (χ0n) is 43.6. The molecule has 1 unspecified atom stereocenters. The summed E-state index contributed by atoms with van der Waals surface area (Å²) in [6, 6.07) is 0. The third-order valence-electron chi connectivity index (χ3n) is 11.6. The minimum Gasteiger partial charge on any atom is -0.462 e. The minimum atomic E-state index is -0.804. The molecule has 67 heavy (non-hydrogen) atoms. The number of hydrogen-bond donors (Lipinski definition) is 0. The lowest BCUT2D eigenvalue weighted by atomic mass is 10.0. The van der Waals surface area contributed by atoms with Crippen LogP contribution in [0.15, 0.2) is 97.2 Å². The first-order valence-corrected chi connectivity index (χ1v) is 27.7. The number of unbranched alkanes of at least 4 members (excludes halogenated alkanes) is 22. The van der Waals surface area contributed by atoms with Crippen molar-refractivity contribution in [3.63, 3.8) is 0 Å². The van der Waals surface area contributed by atoms with Crippen LogP contribution in [0.3, 0.4) is 0 Å². The molecule has 0 spiro atoms. The van der Waals surface area contributed by atoms with E-state index in [0.29, 0.717) is 19.3 Å². The van der Waals surface area contributed by atoms with E-state index in [1.165, 1.54) is 103 Å². The summed E-state index contributed by atoms with van der Waals surface area (Å²) in [5.74, 6) is -0.978. The van der Waals surface area contributed by atoms with Crippen molar-refractivity contribution >= 4 is 17.9 Å². The molecule has 6 heteroatoms. The normalized spacial score (nSPS) is 12.8. The van der Waals surface area contributed by atoms with Crippen LogP contribution in [0.25, 0.3) is 0 Å². The molecule has 0 fully saturated rings. The van der Waals surface area contributed by atoms with Crippen molar-refractivity contribution in [2.24, 2.45) is 0 Å². The Labute approximate surface area is 413 Å². The maximum absolute atomic E-state index is 12.7. The van der Waals surface area contributed by atoms with Gasteiger partial charge in [0, 0.05) is 19.3 Å². The highest BCUT2D eigenvalue weighted by atomic mass is 16.6. The average molecular weight is 931 g/mol. The Hall–Kier alpha value is -3.67. The molecule has 0 N–H and O–H groups in total. The second-order valence-corrected chi connectivity index (χ2v) is 18.1. The topological polar surface area (TPSA) is 78.9 Å². The Morgan fingerprint density at radius 1 is 0.313 bits per heavy atom. The van der Waals surface area contributed by atoms with E-state index in [2.05, 4.69) is 118 Å². The summed E-state index contributed by atoms with van der Waals surface area (Å²) in [6.07, 6.45) is 73.1. The Morgan fingerprint density at radius 3 is 0.955 bits per heavy atom. The van der Waals surface area contributed by atoms with Crippen LogP contribution in [0.1, 0.15) is 252 Å². The highest BCUT2D eigenvalue weighted by Crippen LogP contribution is 2.15. The van der Waals surface area contributed by atoms with Crippen LogP contribution in [-0.4, -0.2) is 37.2 Å². The summed E-state index contributed by atoms with van der Waals surface area (Å²) >= 11 is 0. The molecule has 0 bridgehead atoms. The first-order valence-electron chi connectivity index (χ1n) is 27.7. The van der Waals surface area contributed by atoms with Crippen LogP contribution in [0.5, 0.6) is 0 Å². The van der Waals surface area contributed by atoms with Gasteiger partial charge in [0.2, 0.25) is 0 Å². The van der Waals surface area contributed by atoms with Gasteiger partial charge in [0.1, 0.15) is 13.2 Å². The highest BCUT2D eigenvalue weighted by Gasteiger charge is 2.19. The zero-order chi connectivity index (χ0) is 48.6. The van der Waals surface area contributed by atoms with Gasteiger partial charge in [0.05, 0.1) is 0 Å². The standard InChI is InChI=1S/C61H102O6/c1-4-7-10-13-15-17-19-21-23-25-26-27-28-29-30-31-32-33-34-36-37-39-41-43-45-48-51-54-60(63)66-57-58(56-65-59(62)53-50-47-12-9-6-3)67-61(64)55-52-49-46-44-42-40-38-35-24-22-20-18-16-14-11-8-5-2/h8,11,16,18-19,21-22,24-26,28-29,38,40,44,46,58H,4-7,9-10,12-15,17,20,23,27,30-37,39,41-43,45,47-57H2,1-3H3/b11-8-,18-16-,21-19-,24-22-,26-25-,29-28-,40-38-,46-44-. The van der Waals surface area contributed by atoms with Gasteiger partial charge in [0.15, 0.2) is 6.10 Å². The van der Waals surface area contributed by atoms with Crippen LogP contribution in [-0.2, 0) is 28.6 Å². The van der Waals surface area contributed by atoms with Crippen LogP contribution in [0.2, 0.25) is 0 Å². The van der Waals surface area contributed by atoms with Crippen molar-refractivity contribution < 1.29 is 28.6 Å². The number of esters is 3. The molecule has 0 aromatic carbocycles. The van der Waals surface area contributed by atoms with Gasteiger partial charge < -0.3 is 14.2 Å². The first-order chi connectivity index (χ1) is 33.0. The fourth-order valence-electron chi connectivity index (χ4n) is 7.43. The van der Waals surface area contributed by atoms with Gasteiger partial charge in [-0.2, -0.15) is 0 Å². The number of carbonyl (C=O) groups is 3. The van der Waals surface area contributed by atoms with Crippen molar-refractivity contribution in [3.8, 4) is 0 Å². The molecule has 0 aliphatic rings. The van der Waals surface area contributed by atoms with Gasteiger partial charge >= 0.3 is 17.9 Å². The SMILES string of the molecule is CC/C=C\C/C=C\C/C=C\C/C=C\C/C=C\CCCC(=O)OC(COC(=O)CCCCCCC)COC(=O)CCCCCCCCCCCCCC/C=C\C/C=C\C/C=C\CCCCCCC. The Bertz CT molecular complexity index is 1350. The van der Waals surface area contributed by atoms with Crippen LogP contribution in [0, 0.1) is 0 Å². The van der Waals surface area contributed by atoms with Crippen molar-refractivity contribution in [1.29, 1.82) is 0 Å². The van der Waals surface area contributed by atoms with Crippen LogP contribution in [0.4, 0.5) is 0 Å². The van der Waals surface area contributed by atoms with Crippen molar-refractivity contribution in [2.45, 2.75) is 258 Å². The Morgan fingerprint density at radius 2 is 0.597 bits per heavy atom. The summed E-state index contributed by atoms with van der Waals surface area (Å²) < 4.78 is 16.6. The fourth-order valence-corrected chi connectivity index (χ4v) is 7.43. The van der Waals surface area contributed by atoms with E-state index in [1.54, 1.807) is 0 Å². The van der Waals surface area contributed by atoms with E-state index < -0.39 is 6.10 Å². The maximum atomic E-state index is 12.7.